The van der Waals surface area contributed by atoms with E-state index in [1.807, 2.05) is 31.2 Å². The first kappa shape index (κ1) is 16.5. The van der Waals surface area contributed by atoms with E-state index in [2.05, 4.69) is 20.2 Å². The summed E-state index contributed by atoms with van der Waals surface area (Å²) in [7, 11) is 0. The second-order valence-electron chi connectivity index (χ2n) is 5.75. The number of hydrogen-bond acceptors (Lipinski definition) is 5. The Labute approximate surface area is 153 Å². The fourth-order valence-corrected chi connectivity index (χ4v) is 3.05. The zero-order chi connectivity index (χ0) is 17.9. The van der Waals surface area contributed by atoms with E-state index in [1.165, 1.54) is 29.5 Å². The molecule has 0 radical (unpaired) electrons. The molecule has 4 rings (SSSR count). The molecule has 0 amide bonds. The predicted octanol–water partition coefficient (Wildman–Crippen LogP) is 4.87. The number of thioether (sulfide) groups is 1. The lowest BCUT2D eigenvalue weighted by Gasteiger charge is -1.96. The van der Waals surface area contributed by atoms with Crippen molar-refractivity contribution in [1.29, 1.82) is 0 Å². The van der Waals surface area contributed by atoms with Gasteiger partial charge in [0.25, 0.3) is 0 Å². The van der Waals surface area contributed by atoms with Crippen LogP contribution in [0.4, 0.5) is 4.39 Å². The van der Waals surface area contributed by atoms with Gasteiger partial charge in [0.2, 0.25) is 11.0 Å². The molecule has 2 heterocycles. The van der Waals surface area contributed by atoms with Crippen LogP contribution in [0.5, 0.6) is 0 Å². The third kappa shape index (κ3) is 3.67. The molecule has 4 aromatic rings. The van der Waals surface area contributed by atoms with Crippen LogP contribution in [0.3, 0.4) is 0 Å². The van der Waals surface area contributed by atoms with Crippen molar-refractivity contribution >= 4 is 11.8 Å². The Bertz CT molecular complexity index is 925. The highest BCUT2D eigenvalue weighted by Gasteiger charge is 2.10. The van der Waals surface area contributed by atoms with Crippen LogP contribution in [0, 0.1) is 12.7 Å². The lowest BCUT2D eigenvalue weighted by atomic mass is 10.1. The number of aromatic amines is 1. The predicted molar refractivity (Wildman–Crippen MR) is 98.0 cm³/mol. The van der Waals surface area contributed by atoms with Gasteiger partial charge in [0.05, 0.1) is 11.9 Å². The lowest BCUT2D eigenvalue weighted by Crippen LogP contribution is -1.82. The molecule has 0 fully saturated rings. The fraction of sp³-hybridized carbons (Fsp3) is 0.105. The second-order valence-corrected chi connectivity index (χ2v) is 6.69. The second kappa shape index (κ2) is 7.13. The quantitative estimate of drug-likeness (QED) is 0.511. The van der Waals surface area contributed by atoms with Gasteiger partial charge in [-0.2, -0.15) is 0 Å². The van der Waals surface area contributed by atoms with Gasteiger partial charge in [0.1, 0.15) is 5.82 Å². The summed E-state index contributed by atoms with van der Waals surface area (Å²) in [5, 5.41) is 7.79. The highest BCUT2D eigenvalue weighted by atomic mass is 32.2. The Morgan fingerprint density at radius 2 is 1.77 bits per heavy atom. The van der Waals surface area contributed by atoms with Crippen LogP contribution in [-0.2, 0) is 5.75 Å². The Hall–Kier alpha value is -2.93. The maximum Gasteiger partial charge on any atom is 0.209 e. The van der Waals surface area contributed by atoms with Gasteiger partial charge in [-0.25, -0.2) is 14.4 Å². The van der Waals surface area contributed by atoms with Crippen LogP contribution < -0.4 is 0 Å². The van der Waals surface area contributed by atoms with E-state index >= 15 is 0 Å². The number of hydrogen-bond donors (Lipinski definition) is 1. The summed E-state index contributed by atoms with van der Waals surface area (Å²) in [6.07, 6.45) is 1.64. The average Bonchev–Trinajstić information content (AvgIpc) is 3.31. The van der Waals surface area contributed by atoms with Crippen molar-refractivity contribution in [1.82, 2.24) is 20.2 Å². The summed E-state index contributed by atoms with van der Waals surface area (Å²) in [6, 6.07) is 14.2. The molecule has 2 aromatic carbocycles. The van der Waals surface area contributed by atoms with E-state index in [-0.39, 0.29) is 5.82 Å². The Morgan fingerprint density at radius 1 is 1.04 bits per heavy atom. The molecule has 7 heteroatoms. The number of aromatic nitrogens is 4. The highest BCUT2D eigenvalue weighted by molar-refractivity contribution is 7.98. The normalized spacial score (nSPS) is 11.0. The number of nitrogens with zero attached hydrogens (tertiary/aromatic N) is 3. The van der Waals surface area contributed by atoms with Gasteiger partial charge in [-0.05, 0) is 31.2 Å². The molecule has 0 saturated carbocycles. The Balaban J connectivity index is 1.42. The number of halogens is 1. The zero-order valence-corrected chi connectivity index (χ0v) is 14.8. The summed E-state index contributed by atoms with van der Waals surface area (Å²) in [5.41, 5.74) is 2.98. The van der Waals surface area contributed by atoms with Crippen molar-refractivity contribution in [2.75, 3.05) is 0 Å². The van der Waals surface area contributed by atoms with Crippen molar-refractivity contribution in [3.8, 4) is 22.7 Å². The van der Waals surface area contributed by atoms with Gasteiger partial charge in [0.15, 0.2) is 11.6 Å². The number of aryl methyl sites for hydroxylation is 1. The number of H-pyrrole nitrogens is 1. The van der Waals surface area contributed by atoms with Gasteiger partial charge in [0, 0.05) is 11.1 Å². The first-order valence-electron chi connectivity index (χ1n) is 8.00. The molecule has 0 aliphatic rings. The topological polar surface area (TPSA) is 67.6 Å². The van der Waals surface area contributed by atoms with E-state index < -0.39 is 0 Å². The minimum atomic E-state index is -0.280. The van der Waals surface area contributed by atoms with Crippen molar-refractivity contribution in [3.05, 3.63) is 72.0 Å². The van der Waals surface area contributed by atoms with Crippen LogP contribution in [0.2, 0.25) is 0 Å². The zero-order valence-electron chi connectivity index (χ0n) is 13.9. The third-order valence-corrected chi connectivity index (χ3v) is 4.63. The molecular weight excluding hydrogens is 351 g/mol. The van der Waals surface area contributed by atoms with Crippen molar-refractivity contribution < 1.29 is 8.81 Å². The summed E-state index contributed by atoms with van der Waals surface area (Å²) < 4.78 is 18.7. The van der Waals surface area contributed by atoms with E-state index in [4.69, 9.17) is 4.42 Å². The number of benzene rings is 2. The van der Waals surface area contributed by atoms with Crippen LogP contribution >= 0.6 is 11.8 Å². The van der Waals surface area contributed by atoms with Crippen LogP contribution in [-0.4, -0.2) is 20.2 Å². The molecule has 5 nitrogen and oxygen atoms in total. The molecule has 1 N–H and O–H groups in total. The largest absolute Gasteiger partial charge is 0.440 e. The molecule has 0 saturated heterocycles. The van der Waals surface area contributed by atoms with E-state index in [9.17, 15) is 4.39 Å². The maximum absolute atomic E-state index is 13.0. The SMILES string of the molecule is Cc1ccc(-c2nc(SCc3ncc(-c4ccc(F)cc4)o3)n[nH]2)cc1. The van der Waals surface area contributed by atoms with Gasteiger partial charge < -0.3 is 4.42 Å². The monoisotopic (exact) mass is 366 g/mol. The van der Waals surface area contributed by atoms with Crippen molar-refractivity contribution in [2.24, 2.45) is 0 Å². The van der Waals surface area contributed by atoms with Crippen LogP contribution in [0.15, 0.2) is 64.3 Å². The Kier molecular flexibility index (Phi) is 4.53. The summed E-state index contributed by atoms with van der Waals surface area (Å²) in [4.78, 5) is 8.74. The fourth-order valence-electron chi connectivity index (χ4n) is 2.40. The van der Waals surface area contributed by atoms with Crippen molar-refractivity contribution in [3.63, 3.8) is 0 Å². The van der Waals surface area contributed by atoms with Crippen LogP contribution in [0.25, 0.3) is 22.7 Å². The summed E-state index contributed by atoms with van der Waals surface area (Å²) in [5.74, 6) is 2.13. The molecule has 0 atom stereocenters. The number of oxazole rings is 1. The molecular formula is C19H15FN4OS. The van der Waals surface area contributed by atoms with Gasteiger partial charge in [-0.15, -0.1) is 5.10 Å². The standard InChI is InChI=1S/C19H15FN4OS/c1-12-2-4-14(5-3-12)18-22-19(24-23-18)26-11-17-21-10-16(25-17)13-6-8-15(20)9-7-13/h2-10H,11H2,1H3,(H,22,23,24). The molecule has 130 valence electrons. The first-order valence-corrected chi connectivity index (χ1v) is 8.99. The lowest BCUT2D eigenvalue weighted by molar-refractivity contribution is 0.529. The molecule has 0 spiro atoms. The van der Waals surface area contributed by atoms with Gasteiger partial charge in [-0.1, -0.05) is 41.6 Å². The van der Waals surface area contributed by atoms with E-state index in [0.29, 0.717) is 22.6 Å². The van der Waals surface area contributed by atoms with Gasteiger partial charge in [-0.3, -0.25) is 5.10 Å². The molecule has 0 aliphatic heterocycles. The van der Waals surface area contributed by atoms with Crippen molar-refractivity contribution in [2.45, 2.75) is 17.8 Å². The highest BCUT2D eigenvalue weighted by Crippen LogP contribution is 2.25. The number of rotatable bonds is 5. The maximum atomic E-state index is 13.0. The summed E-state index contributed by atoms with van der Waals surface area (Å²) in [6.45, 7) is 2.04. The molecule has 0 aliphatic carbocycles. The van der Waals surface area contributed by atoms with E-state index in [1.54, 1.807) is 18.3 Å². The Morgan fingerprint density at radius 3 is 2.54 bits per heavy atom. The van der Waals surface area contributed by atoms with E-state index in [0.717, 1.165) is 17.0 Å². The minimum Gasteiger partial charge on any atom is -0.440 e. The van der Waals surface area contributed by atoms with Gasteiger partial charge >= 0.3 is 0 Å². The average molecular weight is 366 g/mol. The molecule has 2 aromatic heterocycles. The first-order chi connectivity index (χ1) is 12.7. The number of nitrogens with one attached hydrogen (secondary N) is 1. The minimum absolute atomic E-state index is 0.280. The molecule has 0 unspecified atom stereocenters. The smallest absolute Gasteiger partial charge is 0.209 e. The third-order valence-electron chi connectivity index (χ3n) is 3.80. The molecule has 26 heavy (non-hydrogen) atoms. The molecule has 0 bridgehead atoms. The summed E-state index contributed by atoms with van der Waals surface area (Å²) >= 11 is 1.43. The van der Waals surface area contributed by atoms with Crippen LogP contribution in [0.1, 0.15) is 11.5 Å².